The number of fused-ring (bicyclic) bond motifs is 1. The van der Waals surface area contributed by atoms with Gasteiger partial charge in [0.25, 0.3) is 0 Å². The number of hydrogen-bond acceptors (Lipinski definition) is 1. The average Bonchev–Trinajstić information content (AvgIpc) is 2.19. The van der Waals surface area contributed by atoms with Crippen LogP contribution >= 0.6 is 0 Å². The third-order valence-corrected chi connectivity index (χ3v) is 2.82. The Bertz CT molecular complexity index is 280. The first-order valence-electron chi connectivity index (χ1n) is 5.23. The fraction of sp³-hybridized carbons (Fsp3) is 0.500. The van der Waals surface area contributed by atoms with Gasteiger partial charge in [0.05, 0.1) is 0 Å². The van der Waals surface area contributed by atoms with Crippen molar-refractivity contribution in [3.8, 4) is 0 Å². The molecule has 1 N–H and O–H groups in total. The van der Waals surface area contributed by atoms with Crippen molar-refractivity contribution in [1.29, 1.82) is 0 Å². The zero-order valence-electron chi connectivity index (χ0n) is 8.22. The van der Waals surface area contributed by atoms with E-state index in [1.54, 1.807) is 5.56 Å². The van der Waals surface area contributed by atoms with Gasteiger partial charge in [-0.15, -0.1) is 0 Å². The van der Waals surface area contributed by atoms with Gasteiger partial charge in [0.2, 0.25) is 0 Å². The van der Waals surface area contributed by atoms with Crippen molar-refractivity contribution in [2.75, 3.05) is 6.54 Å². The lowest BCUT2D eigenvalue weighted by Crippen LogP contribution is -2.24. The molecule has 0 saturated heterocycles. The molecule has 1 aromatic rings. The smallest absolute Gasteiger partial charge is 0.0322 e. The largest absolute Gasteiger partial charge is 0.310 e. The van der Waals surface area contributed by atoms with Gasteiger partial charge in [-0.3, -0.25) is 0 Å². The summed E-state index contributed by atoms with van der Waals surface area (Å²) < 4.78 is 0. The monoisotopic (exact) mass is 175 g/mol. The van der Waals surface area contributed by atoms with E-state index in [4.69, 9.17) is 0 Å². The van der Waals surface area contributed by atoms with E-state index in [1.165, 1.54) is 24.8 Å². The van der Waals surface area contributed by atoms with Gasteiger partial charge in [-0.05, 0) is 36.9 Å². The van der Waals surface area contributed by atoms with Gasteiger partial charge in [0.1, 0.15) is 0 Å². The van der Waals surface area contributed by atoms with Crippen molar-refractivity contribution >= 4 is 0 Å². The molecular formula is C12H17N. The van der Waals surface area contributed by atoms with E-state index >= 15 is 0 Å². The Balaban J connectivity index is 2.26. The molecule has 1 heteroatoms. The zero-order valence-corrected chi connectivity index (χ0v) is 8.22. The van der Waals surface area contributed by atoms with E-state index in [0.717, 1.165) is 6.54 Å². The van der Waals surface area contributed by atoms with E-state index in [1.807, 2.05) is 0 Å². The highest BCUT2D eigenvalue weighted by molar-refractivity contribution is 5.31. The first kappa shape index (κ1) is 8.76. The Morgan fingerprint density at radius 2 is 2.23 bits per heavy atom. The highest BCUT2D eigenvalue weighted by Gasteiger charge is 2.17. The Hall–Kier alpha value is -0.820. The van der Waals surface area contributed by atoms with Crippen LogP contribution in [0.4, 0.5) is 0 Å². The summed E-state index contributed by atoms with van der Waals surface area (Å²) in [6, 6.07) is 9.43. The van der Waals surface area contributed by atoms with Crippen molar-refractivity contribution in [2.45, 2.75) is 32.2 Å². The van der Waals surface area contributed by atoms with Crippen LogP contribution < -0.4 is 5.32 Å². The second-order valence-electron chi connectivity index (χ2n) is 3.70. The second kappa shape index (κ2) is 3.93. The number of aryl methyl sites for hydroxylation is 1. The maximum absolute atomic E-state index is 3.54. The summed E-state index contributed by atoms with van der Waals surface area (Å²) in [7, 11) is 0. The van der Waals surface area contributed by atoms with Crippen molar-refractivity contribution < 1.29 is 0 Å². The van der Waals surface area contributed by atoms with Crippen LogP contribution in [-0.2, 0) is 6.42 Å². The minimum atomic E-state index is 0.606. The Morgan fingerprint density at radius 3 is 3.08 bits per heavy atom. The molecule has 1 aliphatic rings. The predicted molar refractivity (Wildman–Crippen MR) is 55.8 cm³/mol. The molecule has 0 heterocycles. The maximum atomic E-state index is 3.54. The molecule has 1 aliphatic carbocycles. The van der Waals surface area contributed by atoms with Crippen LogP contribution in [0, 0.1) is 0 Å². The molecule has 0 fully saturated rings. The number of benzene rings is 1. The van der Waals surface area contributed by atoms with E-state index in [2.05, 4.69) is 36.5 Å². The lowest BCUT2D eigenvalue weighted by molar-refractivity contribution is 0.472. The summed E-state index contributed by atoms with van der Waals surface area (Å²) in [4.78, 5) is 0. The molecule has 0 radical (unpaired) electrons. The van der Waals surface area contributed by atoms with Crippen molar-refractivity contribution in [3.63, 3.8) is 0 Å². The molecule has 0 amide bonds. The quantitative estimate of drug-likeness (QED) is 0.728. The predicted octanol–water partition coefficient (Wildman–Crippen LogP) is 2.67. The maximum Gasteiger partial charge on any atom is 0.0322 e. The zero-order chi connectivity index (χ0) is 9.10. The van der Waals surface area contributed by atoms with Gasteiger partial charge in [-0.1, -0.05) is 31.2 Å². The van der Waals surface area contributed by atoms with E-state index < -0.39 is 0 Å². The molecule has 0 spiro atoms. The standard InChI is InChI=1S/C12H17N/c1-2-13-12-9-5-7-10-6-3-4-8-11(10)12/h3-4,6,8,12-13H,2,5,7,9H2,1H3/t12-/m1/s1. The fourth-order valence-corrected chi connectivity index (χ4v) is 2.21. The number of nitrogens with one attached hydrogen (secondary N) is 1. The third-order valence-electron chi connectivity index (χ3n) is 2.82. The first-order valence-corrected chi connectivity index (χ1v) is 5.23. The van der Waals surface area contributed by atoms with E-state index in [0.29, 0.717) is 6.04 Å². The van der Waals surface area contributed by atoms with Gasteiger partial charge in [-0.25, -0.2) is 0 Å². The van der Waals surface area contributed by atoms with Crippen LogP contribution in [0.25, 0.3) is 0 Å². The van der Waals surface area contributed by atoms with Gasteiger partial charge in [-0.2, -0.15) is 0 Å². The molecule has 1 aromatic carbocycles. The van der Waals surface area contributed by atoms with Crippen LogP contribution in [0.1, 0.15) is 36.9 Å². The van der Waals surface area contributed by atoms with Crippen LogP contribution in [0.2, 0.25) is 0 Å². The topological polar surface area (TPSA) is 12.0 Å². The average molecular weight is 175 g/mol. The Morgan fingerprint density at radius 1 is 1.38 bits per heavy atom. The fourth-order valence-electron chi connectivity index (χ4n) is 2.21. The molecule has 1 nitrogen and oxygen atoms in total. The van der Waals surface area contributed by atoms with E-state index in [-0.39, 0.29) is 0 Å². The molecule has 2 rings (SSSR count). The molecule has 0 aromatic heterocycles. The van der Waals surface area contributed by atoms with Gasteiger partial charge < -0.3 is 5.32 Å². The van der Waals surface area contributed by atoms with Gasteiger partial charge >= 0.3 is 0 Å². The number of hydrogen-bond donors (Lipinski definition) is 1. The minimum absolute atomic E-state index is 0.606. The lowest BCUT2D eigenvalue weighted by Gasteiger charge is -2.25. The van der Waals surface area contributed by atoms with Gasteiger partial charge in [0, 0.05) is 6.04 Å². The first-order chi connectivity index (χ1) is 6.42. The third kappa shape index (κ3) is 1.75. The SMILES string of the molecule is CCN[C@@H]1CCCc2ccccc21. The van der Waals surface area contributed by atoms with Crippen LogP contribution in [0.3, 0.4) is 0 Å². The second-order valence-corrected chi connectivity index (χ2v) is 3.70. The lowest BCUT2D eigenvalue weighted by atomic mass is 9.88. The van der Waals surface area contributed by atoms with Crippen molar-refractivity contribution in [3.05, 3.63) is 35.4 Å². The highest BCUT2D eigenvalue weighted by Crippen LogP contribution is 2.28. The van der Waals surface area contributed by atoms with Crippen LogP contribution in [-0.4, -0.2) is 6.54 Å². The molecule has 0 aliphatic heterocycles. The normalized spacial score (nSPS) is 21.2. The summed E-state index contributed by atoms with van der Waals surface area (Å²) in [5.41, 5.74) is 3.07. The summed E-state index contributed by atoms with van der Waals surface area (Å²) >= 11 is 0. The van der Waals surface area contributed by atoms with Crippen molar-refractivity contribution in [2.24, 2.45) is 0 Å². The summed E-state index contributed by atoms with van der Waals surface area (Å²) in [6.07, 6.45) is 3.89. The molecule has 0 unspecified atom stereocenters. The van der Waals surface area contributed by atoms with Crippen LogP contribution in [0.5, 0.6) is 0 Å². The van der Waals surface area contributed by atoms with Crippen molar-refractivity contribution in [1.82, 2.24) is 5.32 Å². The van der Waals surface area contributed by atoms with Crippen LogP contribution in [0.15, 0.2) is 24.3 Å². The minimum Gasteiger partial charge on any atom is -0.310 e. The van der Waals surface area contributed by atoms with E-state index in [9.17, 15) is 0 Å². The Kier molecular flexibility index (Phi) is 2.65. The summed E-state index contributed by atoms with van der Waals surface area (Å²) in [6.45, 7) is 3.25. The summed E-state index contributed by atoms with van der Waals surface area (Å²) in [5.74, 6) is 0. The molecule has 0 saturated carbocycles. The van der Waals surface area contributed by atoms with Gasteiger partial charge in [0.15, 0.2) is 0 Å². The highest BCUT2D eigenvalue weighted by atomic mass is 14.9. The molecule has 0 bridgehead atoms. The molecule has 70 valence electrons. The molecule has 13 heavy (non-hydrogen) atoms. The molecule has 1 atom stereocenters. The number of rotatable bonds is 2. The molecular weight excluding hydrogens is 158 g/mol. The summed E-state index contributed by atoms with van der Waals surface area (Å²) in [5, 5.41) is 3.54. The Labute approximate surface area is 80.2 Å².